The van der Waals surface area contributed by atoms with Crippen molar-refractivity contribution in [3.8, 4) is 10.6 Å². The molecule has 0 aliphatic carbocycles. The van der Waals surface area contributed by atoms with E-state index in [0.29, 0.717) is 16.8 Å². The predicted octanol–water partition coefficient (Wildman–Crippen LogP) is 4.94. The monoisotopic (exact) mass is 455 g/mol. The summed E-state index contributed by atoms with van der Waals surface area (Å²) in [6.07, 6.45) is 0.111. The zero-order chi connectivity index (χ0) is 22.9. The van der Waals surface area contributed by atoms with Gasteiger partial charge in [0.1, 0.15) is 5.01 Å². The van der Waals surface area contributed by atoms with E-state index in [1.165, 1.54) is 10.5 Å². The Labute approximate surface area is 194 Å². The molecule has 7 heteroatoms. The number of nitrogens with one attached hydrogen (secondary N) is 1. The molecule has 0 atom stereocenters. The number of rotatable bonds is 5. The molecule has 2 heterocycles. The Morgan fingerprint density at radius 2 is 1.79 bits per heavy atom. The Hall–Kier alpha value is -3.84. The van der Waals surface area contributed by atoms with Gasteiger partial charge in [0.2, 0.25) is 5.91 Å². The number of ketones is 1. The first kappa shape index (κ1) is 21.0. The van der Waals surface area contributed by atoms with Gasteiger partial charge in [0.25, 0.3) is 5.91 Å². The Bertz CT molecular complexity index is 1390. The highest BCUT2D eigenvalue weighted by molar-refractivity contribution is 7.21. The Morgan fingerprint density at radius 3 is 2.58 bits per heavy atom. The molecule has 1 aromatic heterocycles. The number of hydrogen-bond acceptors (Lipinski definition) is 5. The van der Waals surface area contributed by atoms with Crippen LogP contribution >= 0.6 is 11.3 Å². The van der Waals surface area contributed by atoms with Crippen molar-refractivity contribution < 1.29 is 14.4 Å². The second-order valence-electron chi connectivity index (χ2n) is 8.06. The molecule has 0 spiro atoms. The average Bonchev–Trinajstić information content (AvgIpc) is 3.24. The molecule has 6 nitrogen and oxygen atoms in total. The number of amides is 2. The van der Waals surface area contributed by atoms with Crippen molar-refractivity contribution in [1.82, 2.24) is 9.88 Å². The van der Waals surface area contributed by atoms with E-state index in [1.807, 2.05) is 30.3 Å². The van der Waals surface area contributed by atoms with Crippen LogP contribution in [0.3, 0.4) is 0 Å². The molecule has 0 radical (unpaired) electrons. The van der Waals surface area contributed by atoms with Gasteiger partial charge in [-0.1, -0.05) is 24.3 Å². The summed E-state index contributed by atoms with van der Waals surface area (Å²) in [4.78, 5) is 43.5. The minimum Gasteiger partial charge on any atom is -0.330 e. The first-order valence-electron chi connectivity index (χ1n) is 10.7. The van der Waals surface area contributed by atoms with Gasteiger partial charge >= 0.3 is 0 Å². The summed E-state index contributed by atoms with van der Waals surface area (Å²) in [5.41, 5.74) is 4.69. The van der Waals surface area contributed by atoms with Crippen molar-refractivity contribution in [2.75, 3.05) is 18.4 Å². The van der Waals surface area contributed by atoms with Gasteiger partial charge in [-0.15, -0.1) is 11.3 Å². The molecule has 0 saturated carbocycles. The third-order valence-electron chi connectivity index (χ3n) is 5.65. The molecule has 0 saturated heterocycles. The fourth-order valence-electron chi connectivity index (χ4n) is 3.91. The summed E-state index contributed by atoms with van der Waals surface area (Å²) >= 11 is 1.64. The van der Waals surface area contributed by atoms with Crippen molar-refractivity contribution >= 4 is 44.8 Å². The van der Waals surface area contributed by atoms with Crippen LogP contribution in [0.2, 0.25) is 0 Å². The van der Waals surface area contributed by atoms with E-state index in [9.17, 15) is 14.4 Å². The van der Waals surface area contributed by atoms with Crippen LogP contribution < -0.4 is 5.32 Å². The highest BCUT2D eigenvalue weighted by Gasteiger charge is 2.29. The van der Waals surface area contributed by atoms with Crippen LogP contribution in [0.5, 0.6) is 0 Å². The summed E-state index contributed by atoms with van der Waals surface area (Å²) in [5.74, 6) is -0.531. The molecule has 33 heavy (non-hydrogen) atoms. The lowest BCUT2D eigenvalue weighted by Gasteiger charge is -2.27. The minimum absolute atomic E-state index is 0.000481. The van der Waals surface area contributed by atoms with Gasteiger partial charge in [0.15, 0.2) is 5.78 Å². The fraction of sp³-hybridized carbons (Fsp3) is 0.154. The molecule has 2 amide bonds. The first-order chi connectivity index (χ1) is 16.0. The van der Waals surface area contributed by atoms with E-state index in [0.717, 1.165) is 20.8 Å². The molecule has 4 aromatic rings. The van der Waals surface area contributed by atoms with Crippen LogP contribution in [0.4, 0.5) is 5.69 Å². The SMILES string of the molecule is Cc1ccc2nc(-c3ccc(NC(=O)CCN4CC(=O)c5ccccc5C4=O)cc3)sc2c1. The summed E-state index contributed by atoms with van der Waals surface area (Å²) in [6.45, 7) is 2.25. The summed E-state index contributed by atoms with van der Waals surface area (Å²) < 4.78 is 1.15. The number of hydrogen-bond donors (Lipinski definition) is 1. The molecule has 0 unspecified atom stereocenters. The van der Waals surface area contributed by atoms with E-state index < -0.39 is 0 Å². The smallest absolute Gasteiger partial charge is 0.255 e. The molecule has 1 aliphatic heterocycles. The number of fused-ring (bicyclic) bond motifs is 2. The van der Waals surface area contributed by atoms with Gasteiger partial charge in [-0.25, -0.2) is 4.98 Å². The molecule has 1 aliphatic rings. The lowest BCUT2D eigenvalue weighted by atomic mass is 9.98. The van der Waals surface area contributed by atoms with E-state index in [-0.39, 0.29) is 37.1 Å². The Morgan fingerprint density at radius 1 is 1.03 bits per heavy atom. The molecular weight excluding hydrogens is 434 g/mol. The van der Waals surface area contributed by atoms with Crippen molar-refractivity contribution in [2.24, 2.45) is 0 Å². The number of aryl methyl sites for hydroxylation is 1. The van der Waals surface area contributed by atoms with Crippen LogP contribution in [0.25, 0.3) is 20.8 Å². The zero-order valence-electron chi connectivity index (χ0n) is 18.0. The van der Waals surface area contributed by atoms with Crippen molar-refractivity contribution in [2.45, 2.75) is 13.3 Å². The van der Waals surface area contributed by atoms with Gasteiger partial charge in [0.05, 0.1) is 22.3 Å². The summed E-state index contributed by atoms with van der Waals surface area (Å²) in [7, 11) is 0. The molecule has 5 rings (SSSR count). The van der Waals surface area contributed by atoms with Crippen molar-refractivity contribution in [1.29, 1.82) is 0 Å². The number of nitrogens with zero attached hydrogens (tertiary/aromatic N) is 2. The number of carbonyl (C=O) groups excluding carboxylic acids is 3. The van der Waals surface area contributed by atoms with Gasteiger partial charge in [-0.05, 0) is 55.0 Å². The quantitative estimate of drug-likeness (QED) is 0.462. The molecular formula is C26H21N3O3S. The molecule has 0 bridgehead atoms. The maximum absolute atomic E-state index is 12.6. The zero-order valence-corrected chi connectivity index (χ0v) is 18.8. The van der Waals surface area contributed by atoms with Gasteiger partial charge < -0.3 is 10.2 Å². The lowest BCUT2D eigenvalue weighted by Crippen LogP contribution is -2.42. The maximum atomic E-state index is 12.6. The fourth-order valence-corrected chi connectivity index (χ4v) is 4.97. The maximum Gasteiger partial charge on any atom is 0.255 e. The van der Waals surface area contributed by atoms with Gasteiger partial charge in [-0.2, -0.15) is 0 Å². The molecule has 3 aromatic carbocycles. The standard InChI is InChI=1S/C26H21N3O3S/c1-16-6-11-21-23(14-16)33-25(28-21)17-7-9-18(10-8-17)27-24(31)12-13-29-15-22(30)19-4-2-3-5-20(19)26(29)32/h2-11,14H,12-13,15H2,1H3,(H,27,31). The molecule has 0 fully saturated rings. The third-order valence-corrected chi connectivity index (χ3v) is 6.72. The van der Waals surface area contributed by atoms with Crippen LogP contribution in [-0.2, 0) is 4.79 Å². The predicted molar refractivity (Wildman–Crippen MR) is 130 cm³/mol. The van der Waals surface area contributed by atoms with Crippen molar-refractivity contribution in [3.05, 3.63) is 83.4 Å². The second-order valence-corrected chi connectivity index (χ2v) is 9.09. The third kappa shape index (κ3) is 4.27. The summed E-state index contributed by atoms with van der Waals surface area (Å²) in [5, 5.41) is 3.79. The van der Waals surface area contributed by atoms with Crippen LogP contribution in [0, 0.1) is 6.92 Å². The highest BCUT2D eigenvalue weighted by Crippen LogP contribution is 2.31. The van der Waals surface area contributed by atoms with Crippen LogP contribution in [0.1, 0.15) is 32.7 Å². The minimum atomic E-state index is -0.214. The highest BCUT2D eigenvalue weighted by atomic mass is 32.1. The number of carbonyl (C=O) groups is 3. The number of benzene rings is 3. The van der Waals surface area contributed by atoms with Crippen LogP contribution in [-0.4, -0.2) is 40.6 Å². The van der Waals surface area contributed by atoms with E-state index in [4.69, 9.17) is 4.98 Å². The molecule has 164 valence electrons. The second kappa shape index (κ2) is 8.60. The number of Topliss-reactive ketones (excluding diaryl/α,β-unsaturated/α-hetero) is 1. The Balaban J connectivity index is 1.21. The Kier molecular flexibility index (Phi) is 5.48. The number of thiazole rings is 1. The van der Waals surface area contributed by atoms with E-state index in [2.05, 4.69) is 24.4 Å². The van der Waals surface area contributed by atoms with E-state index >= 15 is 0 Å². The first-order valence-corrected chi connectivity index (χ1v) is 11.5. The topological polar surface area (TPSA) is 79.4 Å². The summed E-state index contributed by atoms with van der Waals surface area (Å²) in [6, 6.07) is 20.6. The number of aromatic nitrogens is 1. The average molecular weight is 456 g/mol. The number of anilines is 1. The molecule has 1 N–H and O–H groups in total. The lowest BCUT2D eigenvalue weighted by molar-refractivity contribution is -0.116. The van der Waals surface area contributed by atoms with Gasteiger partial charge in [-0.3, -0.25) is 14.4 Å². The van der Waals surface area contributed by atoms with E-state index in [1.54, 1.807) is 35.6 Å². The van der Waals surface area contributed by atoms with Gasteiger partial charge in [0, 0.05) is 29.8 Å². The normalized spacial score (nSPS) is 13.3. The van der Waals surface area contributed by atoms with Crippen molar-refractivity contribution in [3.63, 3.8) is 0 Å². The largest absolute Gasteiger partial charge is 0.330 e. The van der Waals surface area contributed by atoms with Crippen LogP contribution in [0.15, 0.2) is 66.7 Å².